The number of carbonyl (C=O) groups is 2. The topological polar surface area (TPSA) is 106 Å². The largest absolute Gasteiger partial charge is 0.465 e. The number of carbonyl (C=O) groups excluding carboxylic acids is 1. The monoisotopic (exact) mass is 452 g/mol. The molecule has 7 nitrogen and oxygen atoms in total. The summed E-state index contributed by atoms with van der Waals surface area (Å²) in [5.74, 6) is -0.658. The van der Waals surface area contributed by atoms with Gasteiger partial charge in [0.1, 0.15) is 5.82 Å². The molecule has 0 aliphatic carbocycles. The number of hydrogen-bond donors (Lipinski definition) is 5. The summed E-state index contributed by atoms with van der Waals surface area (Å²) in [6, 6.07) is 11.0. The Morgan fingerprint density at radius 3 is 2.58 bits per heavy atom. The van der Waals surface area contributed by atoms with E-state index >= 15 is 0 Å². The van der Waals surface area contributed by atoms with E-state index in [1.54, 1.807) is 0 Å². The maximum Gasteiger partial charge on any atom is 0.404 e. The first-order valence-electron chi connectivity index (χ1n) is 11.4. The summed E-state index contributed by atoms with van der Waals surface area (Å²) >= 11 is 0. The summed E-state index contributed by atoms with van der Waals surface area (Å²) in [6.07, 6.45) is 3.71. The molecule has 0 fully saturated rings. The number of benzene rings is 2. The molecule has 0 saturated heterocycles. The molecule has 1 aliphatic heterocycles. The van der Waals surface area contributed by atoms with Gasteiger partial charge in [0.2, 0.25) is 0 Å². The van der Waals surface area contributed by atoms with Gasteiger partial charge in [-0.1, -0.05) is 37.1 Å². The Kier molecular flexibility index (Phi) is 7.24. The summed E-state index contributed by atoms with van der Waals surface area (Å²) in [5.41, 5.74) is 5.21. The van der Waals surface area contributed by atoms with Gasteiger partial charge in [0, 0.05) is 36.2 Å². The average molecular weight is 453 g/mol. The molecule has 1 aromatic heterocycles. The smallest absolute Gasteiger partial charge is 0.404 e. The fourth-order valence-corrected chi connectivity index (χ4v) is 4.38. The summed E-state index contributed by atoms with van der Waals surface area (Å²) in [4.78, 5) is 26.1. The minimum absolute atomic E-state index is 0.234. The van der Waals surface area contributed by atoms with Gasteiger partial charge < -0.3 is 26.0 Å². The highest BCUT2D eigenvalue weighted by Gasteiger charge is 2.23. The molecule has 2 heterocycles. The van der Waals surface area contributed by atoms with Gasteiger partial charge >= 0.3 is 6.09 Å². The summed E-state index contributed by atoms with van der Waals surface area (Å²) < 4.78 is 14.1. The molecule has 3 aromatic rings. The molecule has 0 atom stereocenters. The summed E-state index contributed by atoms with van der Waals surface area (Å²) in [7, 11) is 0. The molecule has 2 aromatic carbocycles. The lowest BCUT2D eigenvalue weighted by molar-refractivity contribution is 0.0956. The first-order valence-corrected chi connectivity index (χ1v) is 11.4. The van der Waals surface area contributed by atoms with Gasteiger partial charge in [-0.15, -0.1) is 0 Å². The molecule has 33 heavy (non-hydrogen) atoms. The van der Waals surface area contributed by atoms with E-state index in [1.165, 1.54) is 17.7 Å². The number of amides is 2. The molecule has 5 N–H and O–H groups in total. The SMILES string of the molecule is O=C(O)NCCCCCCNCc1ccc(-c2[nH]c3cc(F)cc4c3c2CCNC4=O)cc1. The summed E-state index contributed by atoms with van der Waals surface area (Å²) in [5, 5.41) is 18.0. The average Bonchev–Trinajstić information content (AvgIpc) is 3.06. The van der Waals surface area contributed by atoms with Crippen LogP contribution in [0.15, 0.2) is 36.4 Å². The lowest BCUT2D eigenvalue weighted by Gasteiger charge is -2.08. The molecule has 0 bridgehead atoms. The molecular formula is C25H29FN4O3. The van der Waals surface area contributed by atoms with Gasteiger partial charge in [0.25, 0.3) is 5.91 Å². The Bertz CT molecular complexity index is 1140. The Morgan fingerprint density at radius 2 is 1.82 bits per heavy atom. The molecule has 1 aliphatic rings. The van der Waals surface area contributed by atoms with E-state index in [1.807, 2.05) is 0 Å². The molecular weight excluding hydrogens is 423 g/mol. The Balaban J connectivity index is 1.34. The summed E-state index contributed by atoms with van der Waals surface area (Å²) in [6.45, 7) is 2.72. The van der Waals surface area contributed by atoms with Crippen LogP contribution in [-0.2, 0) is 13.0 Å². The second kappa shape index (κ2) is 10.5. The van der Waals surface area contributed by atoms with Gasteiger partial charge in [-0.3, -0.25) is 4.79 Å². The third-order valence-electron chi connectivity index (χ3n) is 6.00. The van der Waals surface area contributed by atoms with Crippen LogP contribution in [0.1, 0.15) is 47.2 Å². The van der Waals surface area contributed by atoms with Crippen LogP contribution in [0.4, 0.5) is 9.18 Å². The van der Waals surface area contributed by atoms with Gasteiger partial charge in [0.15, 0.2) is 0 Å². The van der Waals surface area contributed by atoms with Crippen LogP contribution >= 0.6 is 0 Å². The van der Waals surface area contributed by atoms with E-state index in [9.17, 15) is 14.0 Å². The van der Waals surface area contributed by atoms with Crippen LogP contribution in [-0.4, -0.2) is 41.7 Å². The van der Waals surface area contributed by atoms with Crippen molar-refractivity contribution < 1.29 is 19.1 Å². The van der Waals surface area contributed by atoms with Crippen molar-refractivity contribution in [1.82, 2.24) is 20.9 Å². The maximum absolute atomic E-state index is 14.1. The number of aromatic nitrogens is 1. The zero-order valence-electron chi connectivity index (χ0n) is 18.5. The molecule has 0 radical (unpaired) electrons. The van der Waals surface area contributed by atoms with Crippen molar-refractivity contribution in [2.75, 3.05) is 19.6 Å². The minimum atomic E-state index is -0.965. The quantitative estimate of drug-likeness (QED) is 0.298. The highest BCUT2D eigenvalue weighted by molar-refractivity contribution is 6.10. The fourth-order valence-electron chi connectivity index (χ4n) is 4.38. The van der Waals surface area contributed by atoms with Crippen LogP contribution in [0.3, 0.4) is 0 Å². The second-order valence-electron chi connectivity index (χ2n) is 8.38. The van der Waals surface area contributed by atoms with E-state index < -0.39 is 11.9 Å². The van der Waals surface area contributed by atoms with E-state index in [4.69, 9.17) is 5.11 Å². The highest BCUT2D eigenvalue weighted by Crippen LogP contribution is 2.34. The third kappa shape index (κ3) is 5.51. The van der Waals surface area contributed by atoms with Crippen molar-refractivity contribution in [2.24, 2.45) is 0 Å². The van der Waals surface area contributed by atoms with Crippen LogP contribution in [0.25, 0.3) is 22.2 Å². The first-order chi connectivity index (χ1) is 16.0. The van der Waals surface area contributed by atoms with Crippen LogP contribution in [0, 0.1) is 5.82 Å². The number of rotatable bonds is 10. The number of carboxylic acid groups (broad SMARTS) is 1. The van der Waals surface area contributed by atoms with Crippen molar-refractivity contribution >= 4 is 22.9 Å². The van der Waals surface area contributed by atoms with E-state index in [0.717, 1.165) is 61.0 Å². The Morgan fingerprint density at radius 1 is 1.06 bits per heavy atom. The van der Waals surface area contributed by atoms with Gasteiger partial charge in [-0.25, -0.2) is 9.18 Å². The molecule has 2 amide bonds. The number of H-pyrrole nitrogens is 1. The first kappa shape index (κ1) is 22.8. The standard InChI is InChI=1S/C25H29FN4O3/c26-18-13-20-22-19(9-12-28-24(20)31)23(30-21(22)14-18)17-7-5-16(6-8-17)15-27-10-3-1-2-4-11-29-25(32)33/h5-8,13-14,27,29-30H,1-4,9-12,15H2,(H,28,31)(H,32,33). The van der Waals surface area contributed by atoms with Gasteiger partial charge in [0.05, 0.1) is 5.56 Å². The minimum Gasteiger partial charge on any atom is -0.465 e. The highest BCUT2D eigenvalue weighted by atomic mass is 19.1. The lowest BCUT2D eigenvalue weighted by atomic mass is 9.99. The number of hydrogen-bond acceptors (Lipinski definition) is 3. The maximum atomic E-state index is 14.1. The molecule has 4 rings (SSSR count). The van der Waals surface area contributed by atoms with Crippen molar-refractivity contribution in [3.63, 3.8) is 0 Å². The van der Waals surface area contributed by atoms with Crippen molar-refractivity contribution in [3.8, 4) is 11.3 Å². The predicted molar refractivity (Wildman–Crippen MR) is 126 cm³/mol. The lowest BCUT2D eigenvalue weighted by Crippen LogP contribution is -2.23. The number of nitrogens with one attached hydrogen (secondary N) is 4. The zero-order chi connectivity index (χ0) is 23.2. The third-order valence-corrected chi connectivity index (χ3v) is 6.00. The van der Waals surface area contributed by atoms with E-state index in [2.05, 4.69) is 45.2 Å². The van der Waals surface area contributed by atoms with E-state index in [0.29, 0.717) is 30.6 Å². The van der Waals surface area contributed by atoms with Crippen LogP contribution < -0.4 is 16.0 Å². The zero-order valence-corrected chi connectivity index (χ0v) is 18.5. The van der Waals surface area contributed by atoms with Crippen LogP contribution in [0.2, 0.25) is 0 Å². The fraction of sp³-hybridized carbons (Fsp3) is 0.360. The molecule has 8 heteroatoms. The molecule has 0 saturated carbocycles. The predicted octanol–water partition coefficient (Wildman–Crippen LogP) is 4.18. The van der Waals surface area contributed by atoms with Gasteiger partial charge in [-0.2, -0.15) is 0 Å². The van der Waals surface area contributed by atoms with Gasteiger partial charge in [-0.05, 0) is 54.6 Å². The second-order valence-corrected chi connectivity index (χ2v) is 8.38. The normalized spacial score (nSPS) is 13.1. The van der Waals surface area contributed by atoms with Crippen molar-refractivity contribution in [1.29, 1.82) is 0 Å². The Hall–Kier alpha value is -3.39. The molecule has 0 spiro atoms. The number of halogens is 1. The number of aromatic amines is 1. The van der Waals surface area contributed by atoms with Crippen molar-refractivity contribution in [3.05, 3.63) is 58.9 Å². The Labute approximate surface area is 191 Å². The van der Waals surface area contributed by atoms with E-state index in [-0.39, 0.29) is 5.91 Å². The van der Waals surface area contributed by atoms with Crippen molar-refractivity contribution in [2.45, 2.75) is 38.6 Å². The molecule has 174 valence electrons. The molecule has 0 unspecified atom stereocenters. The van der Waals surface area contributed by atoms with Crippen LogP contribution in [0.5, 0.6) is 0 Å². The number of unbranched alkanes of at least 4 members (excludes halogenated alkanes) is 3.